The molecule has 9 heteroatoms. The predicted octanol–water partition coefficient (Wildman–Crippen LogP) is 3.30. The molecule has 3 aliphatic rings. The highest BCUT2D eigenvalue weighted by molar-refractivity contribution is 5.88. The van der Waals surface area contributed by atoms with Crippen molar-refractivity contribution in [1.82, 2.24) is 19.9 Å². The molecule has 1 saturated carbocycles. The highest BCUT2D eigenvalue weighted by Crippen LogP contribution is 2.52. The summed E-state index contributed by atoms with van der Waals surface area (Å²) < 4.78 is 20.4. The number of hydrogen-bond donors (Lipinski definition) is 2. The molecule has 0 bridgehead atoms. The Morgan fingerprint density at radius 3 is 2.67 bits per heavy atom. The van der Waals surface area contributed by atoms with E-state index >= 15 is 0 Å². The van der Waals surface area contributed by atoms with Crippen LogP contribution in [0.25, 0.3) is 11.1 Å². The normalized spacial score (nSPS) is 19.5. The average Bonchev–Trinajstić information content (AvgIpc) is 3.15. The first-order valence-electron chi connectivity index (χ1n) is 11.4. The van der Waals surface area contributed by atoms with E-state index in [9.17, 15) is 4.39 Å². The fraction of sp³-hybridized carbons (Fsp3) is 0.417. The minimum absolute atomic E-state index is 0.169. The molecule has 0 unspecified atom stereocenters. The van der Waals surface area contributed by atoms with Gasteiger partial charge in [-0.3, -0.25) is 0 Å². The summed E-state index contributed by atoms with van der Waals surface area (Å²) in [5.74, 6) is 1.72. The van der Waals surface area contributed by atoms with E-state index in [2.05, 4.69) is 20.2 Å². The Bertz CT molecular complexity index is 1240. The maximum Gasteiger partial charge on any atom is 0.324 e. The number of nitrogens with two attached hydrogens (primary N) is 1. The number of halogens is 1. The summed E-state index contributed by atoms with van der Waals surface area (Å²) in [6.45, 7) is 3.68. The van der Waals surface area contributed by atoms with E-state index in [1.54, 1.807) is 25.5 Å². The molecule has 170 valence electrons. The zero-order valence-corrected chi connectivity index (χ0v) is 18.7. The standard InChI is InChI=1S/C24H26FN7O/c1-3-20-28-9-14(10-29-20)33-23-30-18-8-15-16(6-13(25)7-17(15)27-2)21(18)22(31-23)32-11-24(12-32)5-4-19(24)26/h6-7,9-10,19,27H,3-5,8,11-12,26H2,1-2H3/t19-/m1/s1. The van der Waals surface area contributed by atoms with Gasteiger partial charge in [0.1, 0.15) is 17.5 Å². The number of benzene rings is 1. The Kier molecular flexibility index (Phi) is 4.52. The second-order valence-electron chi connectivity index (χ2n) is 9.21. The number of rotatable bonds is 5. The summed E-state index contributed by atoms with van der Waals surface area (Å²) in [6, 6.07) is 3.58. The fourth-order valence-corrected chi connectivity index (χ4v) is 5.25. The van der Waals surface area contributed by atoms with E-state index in [1.807, 2.05) is 6.92 Å². The number of aromatic nitrogens is 4. The molecule has 8 nitrogen and oxygen atoms in total. The van der Waals surface area contributed by atoms with E-state index in [4.69, 9.17) is 20.4 Å². The quantitative estimate of drug-likeness (QED) is 0.481. The minimum Gasteiger partial charge on any atom is -0.421 e. The minimum atomic E-state index is -0.286. The maximum absolute atomic E-state index is 14.4. The van der Waals surface area contributed by atoms with Crippen LogP contribution in [0.5, 0.6) is 11.8 Å². The highest BCUT2D eigenvalue weighted by Gasteiger charge is 2.54. The number of fused-ring (bicyclic) bond motifs is 3. The lowest BCUT2D eigenvalue weighted by atomic mass is 9.60. The first kappa shape index (κ1) is 20.3. The first-order valence-corrected chi connectivity index (χ1v) is 11.4. The van der Waals surface area contributed by atoms with Crippen molar-refractivity contribution in [2.45, 2.75) is 38.6 Å². The molecule has 3 heterocycles. The molecule has 3 aromatic rings. The monoisotopic (exact) mass is 447 g/mol. The molecule has 1 aliphatic heterocycles. The zero-order chi connectivity index (χ0) is 22.7. The van der Waals surface area contributed by atoms with Gasteiger partial charge in [-0.25, -0.2) is 14.4 Å². The van der Waals surface area contributed by atoms with Gasteiger partial charge in [0.05, 0.1) is 18.1 Å². The van der Waals surface area contributed by atoms with E-state index in [0.29, 0.717) is 12.2 Å². The van der Waals surface area contributed by atoms with Gasteiger partial charge in [0.2, 0.25) is 0 Å². The maximum atomic E-state index is 14.4. The first-order chi connectivity index (χ1) is 16.0. The van der Waals surface area contributed by atoms with E-state index in [0.717, 1.165) is 72.1 Å². The van der Waals surface area contributed by atoms with Gasteiger partial charge in [0.15, 0.2) is 5.75 Å². The molecule has 0 radical (unpaired) electrons. The fourth-order valence-electron chi connectivity index (χ4n) is 5.25. The third-order valence-corrected chi connectivity index (χ3v) is 7.30. The lowest BCUT2D eigenvalue weighted by molar-refractivity contribution is 0.0558. The molecule has 33 heavy (non-hydrogen) atoms. The van der Waals surface area contributed by atoms with Gasteiger partial charge in [-0.05, 0) is 36.1 Å². The summed E-state index contributed by atoms with van der Waals surface area (Å²) >= 11 is 0. The number of nitrogens with zero attached hydrogens (tertiary/aromatic N) is 5. The van der Waals surface area contributed by atoms with Crippen molar-refractivity contribution in [2.75, 3.05) is 30.4 Å². The van der Waals surface area contributed by atoms with Crippen molar-refractivity contribution in [3.05, 3.63) is 47.4 Å². The lowest BCUT2D eigenvalue weighted by Gasteiger charge is -2.60. The summed E-state index contributed by atoms with van der Waals surface area (Å²) in [5, 5.41) is 3.12. The van der Waals surface area contributed by atoms with Gasteiger partial charge >= 0.3 is 6.01 Å². The zero-order valence-electron chi connectivity index (χ0n) is 18.7. The van der Waals surface area contributed by atoms with Crippen LogP contribution in [0.4, 0.5) is 15.9 Å². The summed E-state index contributed by atoms with van der Waals surface area (Å²) in [4.78, 5) is 20.3. The molecule has 1 aromatic carbocycles. The highest BCUT2D eigenvalue weighted by atomic mass is 19.1. The third kappa shape index (κ3) is 3.13. The largest absolute Gasteiger partial charge is 0.421 e. The molecule has 0 amide bonds. The molecule has 1 spiro atoms. The molecule has 2 aromatic heterocycles. The second-order valence-corrected chi connectivity index (χ2v) is 9.21. The number of hydrogen-bond acceptors (Lipinski definition) is 8. The number of anilines is 2. The van der Waals surface area contributed by atoms with Gasteiger partial charge < -0.3 is 20.7 Å². The van der Waals surface area contributed by atoms with Gasteiger partial charge in [-0.15, -0.1) is 0 Å². The molecule has 2 fully saturated rings. The molecule has 1 saturated heterocycles. The average molecular weight is 448 g/mol. The number of nitrogens with one attached hydrogen (secondary N) is 1. The Labute approximate surface area is 191 Å². The second kappa shape index (κ2) is 7.34. The van der Waals surface area contributed by atoms with Crippen molar-refractivity contribution in [3.63, 3.8) is 0 Å². The van der Waals surface area contributed by atoms with E-state index in [-0.39, 0.29) is 23.3 Å². The molecular weight excluding hydrogens is 421 g/mol. The van der Waals surface area contributed by atoms with Crippen LogP contribution in [-0.4, -0.2) is 46.1 Å². The Morgan fingerprint density at radius 2 is 2.03 bits per heavy atom. The van der Waals surface area contributed by atoms with Crippen LogP contribution in [-0.2, 0) is 12.8 Å². The van der Waals surface area contributed by atoms with Crippen LogP contribution < -0.4 is 20.7 Å². The summed E-state index contributed by atoms with van der Waals surface area (Å²) in [5.41, 5.74) is 10.8. The SMILES string of the molecule is CCc1ncc(Oc2nc3c(c(N4CC5(CC[C@H]5N)C4)n2)-c2cc(F)cc(NC)c2C3)cn1. The van der Waals surface area contributed by atoms with Crippen molar-refractivity contribution in [2.24, 2.45) is 11.1 Å². The van der Waals surface area contributed by atoms with E-state index in [1.165, 1.54) is 6.07 Å². The van der Waals surface area contributed by atoms with Crippen LogP contribution in [0.15, 0.2) is 24.5 Å². The van der Waals surface area contributed by atoms with Crippen molar-refractivity contribution in [1.29, 1.82) is 0 Å². The van der Waals surface area contributed by atoms with Crippen LogP contribution in [0, 0.1) is 11.2 Å². The lowest BCUT2D eigenvalue weighted by Crippen LogP contribution is -2.69. The Morgan fingerprint density at radius 1 is 1.24 bits per heavy atom. The van der Waals surface area contributed by atoms with Crippen LogP contribution in [0.1, 0.15) is 36.8 Å². The molecule has 6 rings (SSSR count). The van der Waals surface area contributed by atoms with E-state index < -0.39 is 0 Å². The topological polar surface area (TPSA) is 102 Å². The molecule has 3 N–H and O–H groups in total. The van der Waals surface area contributed by atoms with Crippen molar-refractivity contribution >= 4 is 11.5 Å². The van der Waals surface area contributed by atoms with Gasteiger partial charge in [0, 0.05) is 55.7 Å². The molecule has 2 aliphatic carbocycles. The Balaban J connectivity index is 1.41. The van der Waals surface area contributed by atoms with Crippen LogP contribution in [0.2, 0.25) is 0 Å². The molecular formula is C24H26FN7O. The smallest absolute Gasteiger partial charge is 0.324 e. The van der Waals surface area contributed by atoms with Gasteiger partial charge in [-0.2, -0.15) is 9.97 Å². The summed E-state index contributed by atoms with van der Waals surface area (Å²) in [6.07, 6.45) is 6.81. The Hall–Kier alpha value is -3.33. The summed E-state index contributed by atoms with van der Waals surface area (Å²) in [7, 11) is 1.80. The van der Waals surface area contributed by atoms with Crippen molar-refractivity contribution < 1.29 is 9.13 Å². The van der Waals surface area contributed by atoms with Gasteiger partial charge in [0.25, 0.3) is 0 Å². The third-order valence-electron chi connectivity index (χ3n) is 7.30. The van der Waals surface area contributed by atoms with Crippen LogP contribution >= 0.6 is 0 Å². The van der Waals surface area contributed by atoms with Crippen molar-refractivity contribution in [3.8, 4) is 22.9 Å². The number of aryl methyl sites for hydroxylation is 1. The van der Waals surface area contributed by atoms with Crippen LogP contribution in [0.3, 0.4) is 0 Å². The predicted molar refractivity (Wildman–Crippen MR) is 123 cm³/mol. The number of ether oxygens (including phenoxy) is 1. The van der Waals surface area contributed by atoms with Gasteiger partial charge in [-0.1, -0.05) is 6.92 Å². The molecule has 1 atom stereocenters.